The molecule has 0 saturated carbocycles. The molecule has 3 rings (SSSR count). The fourth-order valence-electron chi connectivity index (χ4n) is 3.68. The fraction of sp³-hybridized carbons (Fsp3) is 0.259. The van der Waals surface area contributed by atoms with Crippen molar-refractivity contribution >= 4 is 43.5 Å². The van der Waals surface area contributed by atoms with Gasteiger partial charge in [-0.15, -0.1) is 0 Å². The van der Waals surface area contributed by atoms with Gasteiger partial charge in [0.15, 0.2) is 0 Å². The number of carbonyl (C=O) groups is 2. The lowest BCUT2D eigenvalue weighted by atomic mass is 10.1. The van der Waals surface area contributed by atoms with Gasteiger partial charge in [-0.3, -0.25) is 13.9 Å². The molecule has 0 heterocycles. The number of nitrogens with zero attached hydrogens (tertiary/aromatic N) is 2. The molecule has 10 heteroatoms. The van der Waals surface area contributed by atoms with Crippen molar-refractivity contribution in [3.05, 3.63) is 94.7 Å². The molecule has 3 aromatic carbocycles. The predicted octanol–water partition coefficient (Wildman–Crippen LogP) is 4.73. The zero-order chi connectivity index (χ0) is 27.2. The van der Waals surface area contributed by atoms with Crippen LogP contribution in [0.25, 0.3) is 0 Å². The van der Waals surface area contributed by atoms with E-state index >= 15 is 0 Å². The topological polar surface area (TPSA) is 86.8 Å². The maximum Gasteiger partial charge on any atom is 0.264 e. The first-order valence-corrected chi connectivity index (χ1v) is 13.9. The van der Waals surface area contributed by atoms with E-state index in [0.717, 1.165) is 38.6 Å². The molecule has 0 saturated heterocycles. The molecule has 196 valence electrons. The Kier molecular flexibility index (Phi) is 9.45. The molecule has 2 amide bonds. The third-order valence-electron chi connectivity index (χ3n) is 5.56. The highest BCUT2D eigenvalue weighted by Gasteiger charge is 2.32. The van der Waals surface area contributed by atoms with Gasteiger partial charge in [0, 0.05) is 17.1 Å². The third-order valence-corrected chi connectivity index (χ3v) is 7.85. The standard InChI is InChI=1S/C27H29BrFN3O4S/c1-19(2)30-27(34)20(3)31(17-21-8-7-9-22(28)16-21)26(33)18-32(24-10-5-4-6-11-24)37(35,36)25-14-12-23(29)13-15-25/h4-16,19-20H,17-18H2,1-3H3,(H,30,34)/t20-/m0/s1. The molecule has 0 aliphatic heterocycles. The van der Waals surface area contributed by atoms with Crippen LogP contribution < -0.4 is 9.62 Å². The molecule has 7 nitrogen and oxygen atoms in total. The predicted molar refractivity (Wildman–Crippen MR) is 145 cm³/mol. The fourth-order valence-corrected chi connectivity index (χ4v) is 5.54. The van der Waals surface area contributed by atoms with Crippen LogP contribution in [0, 0.1) is 5.82 Å². The minimum atomic E-state index is -4.23. The summed E-state index contributed by atoms with van der Waals surface area (Å²) in [6.45, 7) is 4.77. The number of para-hydroxylation sites is 1. The molecule has 0 fully saturated rings. The van der Waals surface area contributed by atoms with Crippen LogP contribution in [0.2, 0.25) is 0 Å². The highest BCUT2D eigenvalue weighted by Crippen LogP contribution is 2.25. The van der Waals surface area contributed by atoms with Gasteiger partial charge in [-0.05, 0) is 74.9 Å². The second kappa shape index (κ2) is 12.3. The van der Waals surface area contributed by atoms with Crippen molar-refractivity contribution in [2.24, 2.45) is 0 Å². The Labute approximate surface area is 225 Å². The second-order valence-corrected chi connectivity index (χ2v) is 11.6. The molecule has 0 bridgehead atoms. The van der Waals surface area contributed by atoms with E-state index in [1.54, 1.807) is 37.3 Å². The van der Waals surface area contributed by atoms with Gasteiger partial charge in [-0.2, -0.15) is 0 Å². The molecule has 3 aromatic rings. The number of nitrogens with one attached hydrogen (secondary N) is 1. The van der Waals surface area contributed by atoms with E-state index in [1.807, 2.05) is 38.1 Å². The van der Waals surface area contributed by atoms with Gasteiger partial charge < -0.3 is 10.2 Å². The van der Waals surface area contributed by atoms with Gasteiger partial charge in [0.25, 0.3) is 10.0 Å². The summed E-state index contributed by atoms with van der Waals surface area (Å²) in [7, 11) is -4.23. The van der Waals surface area contributed by atoms with Crippen molar-refractivity contribution in [3.63, 3.8) is 0 Å². The zero-order valence-corrected chi connectivity index (χ0v) is 23.2. The number of amides is 2. The molecule has 0 aromatic heterocycles. The van der Waals surface area contributed by atoms with Gasteiger partial charge in [0.05, 0.1) is 10.6 Å². The summed E-state index contributed by atoms with van der Waals surface area (Å²) in [4.78, 5) is 27.8. The van der Waals surface area contributed by atoms with E-state index in [0.29, 0.717) is 0 Å². The van der Waals surface area contributed by atoms with Crippen LogP contribution in [0.5, 0.6) is 0 Å². The van der Waals surface area contributed by atoms with Crippen LogP contribution in [-0.2, 0) is 26.2 Å². The van der Waals surface area contributed by atoms with Crippen LogP contribution in [0.1, 0.15) is 26.3 Å². The first-order valence-electron chi connectivity index (χ1n) is 11.7. The van der Waals surface area contributed by atoms with E-state index in [9.17, 15) is 22.4 Å². The molecule has 37 heavy (non-hydrogen) atoms. The van der Waals surface area contributed by atoms with E-state index in [4.69, 9.17) is 0 Å². The summed E-state index contributed by atoms with van der Waals surface area (Å²) < 4.78 is 42.5. The lowest BCUT2D eigenvalue weighted by Crippen LogP contribution is -2.52. The van der Waals surface area contributed by atoms with Gasteiger partial charge in [-0.25, -0.2) is 12.8 Å². The summed E-state index contributed by atoms with van der Waals surface area (Å²) >= 11 is 3.42. The average Bonchev–Trinajstić information content (AvgIpc) is 2.85. The molecule has 0 unspecified atom stereocenters. The Morgan fingerprint density at radius 1 is 0.946 bits per heavy atom. The number of benzene rings is 3. The minimum absolute atomic E-state index is 0.0875. The smallest absolute Gasteiger partial charge is 0.264 e. The van der Waals surface area contributed by atoms with Crippen LogP contribution in [-0.4, -0.2) is 43.8 Å². The van der Waals surface area contributed by atoms with E-state index in [2.05, 4.69) is 21.2 Å². The maximum absolute atomic E-state index is 13.7. The lowest BCUT2D eigenvalue weighted by Gasteiger charge is -2.32. The number of hydrogen-bond donors (Lipinski definition) is 1. The van der Waals surface area contributed by atoms with Crippen molar-refractivity contribution in [2.75, 3.05) is 10.8 Å². The second-order valence-electron chi connectivity index (χ2n) is 8.79. The molecule has 0 aliphatic carbocycles. The van der Waals surface area contributed by atoms with Crippen molar-refractivity contribution in [1.82, 2.24) is 10.2 Å². The summed E-state index contributed by atoms with van der Waals surface area (Å²) in [6, 6.07) is 18.9. The van der Waals surface area contributed by atoms with E-state index in [1.165, 1.54) is 4.90 Å². The van der Waals surface area contributed by atoms with Crippen LogP contribution in [0.15, 0.2) is 88.2 Å². The molecular formula is C27H29BrFN3O4S. The summed E-state index contributed by atoms with van der Waals surface area (Å²) in [5, 5.41) is 2.81. The Morgan fingerprint density at radius 2 is 1.59 bits per heavy atom. The van der Waals surface area contributed by atoms with Crippen molar-refractivity contribution in [3.8, 4) is 0 Å². The normalized spacial score (nSPS) is 12.2. The highest BCUT2D eigenvalue weighted by molar-refractivity contribution is 9.10. The van der Waals surface area contributed by atoms with Crippen LogP contribution >= 0.6 is 15.9 Å². The van der Waals surface area contributed by atoms with Crippen molar-refractivity contribution in [2.45, 2.75) is 44.3 Å². The Morgan fingerprint density at radius 3 is 2.19 bits per heavy atom. The minimum Gasteiger partial charge on any atom is -0.352 e. The molecule has 0 radical (unpaired) electrons. The molecule has 0 spiro atoms. The number of hydrogen-bond acceptors (Lipinski definition) is 4. The maximum atomic E-state index is 13.7. The summed E-state index contributed by atoms with van der Waals surface area (Å²) in [5.74, 6) is -1.50. The zero-order valence-electron chi connectivity index (χ0n) is 20.8. The molecule has 0 aliphatic rings. The number of rotatable bonds is 10. The quantitative estimate of drug-likeness (QED) is 0.370. The third kappa shape index (κ3) is 7.39. The molecule has 1 N–H and O–H groups in total. The van der Waals surface area contributed by atoms with Gasteiger partial charge in [0.2, 0.25) is 11.8 Å². The number of halogens is 2. The summed E-state index contributed by atoms with van der Waals surface area (Å²) in [6.07, 6.45) is 0. The molecule has 1 atom stereocenters. The van der Waals surface area contributed by atoms with Crippen molar-refractivity contribution in [1.29, 1.82) is 0 Å². The van der Waals surface area contributed by atoms with Crippen LogP contribution in [0.3, 0.4) is 0 Å². The molecular weight excluding hydrogens is 561 g/mol. The van der Waals surface area contributed by atoms with Gasteiger partial charge in [0.1, 0.15) is 18.4 Å². The monoisotopic (exact) mass is 589 g/mol. The first kappa shape index (κ1) is 28.3. The van der Waals surface area contributed by atoms with E-state index < -0.39 is 34.3 Å². The van der Waals surface area contributed by atoms with Gasteiger partial charge in [-0.1, -0.05) is 46.3 Å². The lowest BCUT2D eigenvalue weighted by molar-refractivity contribution is -0.139. The number of carbonyl (C=O) groups excluding carboxylic acids is 2. The van der Waals surface area contributed by atoms with E-state index in [-0.39, 0.29) is 29.1 Å². The van der Waals surface area contributed by atoms with Crippen LogP contribution in [0.4, 0.5) is 10.1 Å². The number of anilines is 1. The first-order chi connectivity index (χ1) is 17.5. The average molecular weight is 591 g/mol. The largest absolute Gasteiger partial charge is 0.352 e. The summed E-state index contributed by atoms with van der Waals surface area (Å²) in [5.41, 5.74) is 1.03. The van der Waals surface area contributed by atoms with Gasteiger partial charge >= 0.3 is 0 Å². The van der Waals surface area contributed by atoms with Crippen molar-refractivity contribution < 1.29 is 22.4 Å². The Balaban J connectivity index is 2.00. The SMILES string of the molecule is CC(C)NC(=O)[C@H](C)N(Cc1cccc(Br)c1)C(=O)CN(c1ccccc1)S(=O)(=O)c1ccc(F)cc1. The highest BCUT2D eigenvalue weighted by atomic mass is 79.9. The number of sulfonamides is 1. The Bertz CT molecular complexity index is 1340. The Hall–Kier alpha value is -3.24.